The molecule has 1 heterocycles. The lowest BCUT2D eigenvalue weighted by Gasteiger charge is -2.12. The number of hydrogen-bond acceptors (Lipinski definition) is 8. The molecule has 0 bridgehead atoms. The van der Waals surface area contributed by atoms with Gasteiger partial charge in [0.2, 0.25) is 11.8 Å². The van der Waals surface area contributed by atoms with Crippen LogP contribution in [0.5, 0.6) is 5.88 Å². The van der Waals surface area contributed by atoms with E-state index in [2.05, 4.69) is 24.4 Å². The molecule has 1 aromatic heterocycles. The number of sulfonamides is 1. The Morgan fingerprint density at radius 2 is 2.00 bits per heavy atom. The summed E-state index contributed by atoms with van der Waals surface area (Å²) in [6, 6.07) is 5.76. The molecule has 0 radical (unpaired) electrons. The van der Waals surface area contributed by atoms with Gasteiger partial charge in [0.05, 0.1) is 25.5 Å². The largest absolute Gasteiger partial charge is 0.481 e. The lowest BCUT2D eigenvalue weighted by atomic mass is 10.2. The number of carbonyl (C=O) groups excluding carboxylic acids is 1. The zero-order valence-electron chi connectivity index (χ0n) is 16.8. The van der Waals surface area contributed by atoms with Gasteiger partial charge in [-0.15, -0.1) is 4.40 Å². The molecular weight excluding hydrogens is 428 g/mol. The fourth-order valence-corrected chi connectivity index (χ4v) is 5.05. The number of ether oxygens (including phenoxy) is 2. The Morgan fingerprint density at radius 1 is 1.23 bits per heavy atom. The molecule has 3 rings (SSSR count). The smallest absolute Gasteiger partial charge is 0.339 e. The quantitative estimate of drug-likeness (QED) is 0.402. The first-order valence-electron chi connectivity index (χ1n) is 9.25. The van der Waals surface area contributed by atoms with Crippen molar-refractivity contribution in [2.24, 2.45) is 4.40 Å². The summed E-state index contributed by atoms with van der Waals surface area (Å²) in [5.41, 5.74) is 1.77. The predicted octanol–water partition coefficient (Wildman–Crippen LogP) is 2.67. The van der Waals surface area contributed by atoms with Crippen molar-refractivity contribution in [3.8, 4) is 5.88 Å². The standard InChI is InChI=1S/C19H22N4O5S2/c1-4-29-19(22-18-20-14-10-7-9-12(14)16(21-18)27-2)23-30(25,26)15-11-6-5-8-13(15)17(24)28-3/h5-6,8,11H,4,7,9-10H2,1-3H3,(H,20,21,22,23). The zero-order chi connectivity index (χ0) is 21.7. The van der Waals surface area contributed by atoms with E-state index in [9.17, 15) is 13.2 Å². The van der Waals surface area contributed by atoms with Crippen molar-refractivity contribution in [1.82, 2.24) is 9.97 Å². The van der Waals surface area contributed by atoms with Crippen LogP contribution in [0.2, 0.25) is 0 Å². The van der Waals surface area contributed by atoms with Crippen LogP contribution >= 0.6 is 11.8 Å². The highest BCUT2D eigenvalue weighted by Gasteiger charge is 2.24. The van der Waals surface area contributed by atoms with Gasteiger partial charge in [-0.1, -0.05) is 30.8 Å². The van der Waals surface area contributed by atoms with E-state index in [0.29, 0.717) is 11.6 Å². The minimum absolute atomic E-state index is 0.0833. The van der Waals surface area contributed by atoms with Gasteiger partial charge >= 0.3 is 5.97 Å². The van der Waals surface area contributed by atoms with Crippen LogP contribution in [0.15, 0.2) is 33.6 Å². The molecule has 1 N–H and O–H groups in total. The van der Waals surface area contributed by atoms with Crippen LogP contribution in [0, 0.1) is 0 Å². The highest BCUT2D eigenvalue weighted by molar-refractivity contribution is 8.14. The first kappa shape index (κ1) is 22.0. The summed E-state index contributed by atoms with van der Waals surface area (Å²) in [4.78, 5) is 20.6. The van der Waals surface area contributed by atoms with E-state index in [-0.39, 0.29) is 21.6 Å². The van der Waals surface area contributed by atoms with Crippen molar-refractivity contribution in [3.05, 3.63) is 41.1 Å². The van der Waals surface area contributed by atoms with Crippen LogP contribution in [0.1, 0.15) is 35.0 Å². The third kappa shape index (κ3) is 4.73. The number of methoxy groups -OCH3 is 2. The summed E-state index contributed by atoms with van der Waals surface area (Å²) in [6.45, 7) is 1.86. The number of anilines is 1. The molecule has 160 valence electrons. The molecule has 0 unspecified atom stereocenters. The van der Waals surface area contributed by atoms with Gasteiger partial charge in [0.15, 0.2) is 5.17 Å². The van der Waals surface area contributed by atoms with Crippen LogP contribution in [-0.2, 0) is 27.6 Å². The molecule has 11 heteroatoms. The molecule has 1 aliphatic rings. The van der Waals surface area contributed by atoms with E-state index < -0.39 is 16.0 Å². The van der Waals surface area contributed by atoms with Gasteiger partial charge in [-0.25, -0.2) is 9.78 Å². The third-order valence-electron chi connectivity index (χ3n) is 4.36. The number of aryl methyl sites for hydroxylation is 1. The van der Waals surface area contributed by atoms with E-state index in [0.717, 1.165) is 30.5 Å². The van der Waals surface area contributed by atoms with E-state index in [1.54, 1.807) is 6.07 Å². The van der Waals surface area contributed by atoms with Gasteiger partial charge in [-0.05, 0) is 37.1 Å². The number of aromatic nitrogens is 2. The Labute approximate surface area is 179 Å². The zero-order valence-corrected chi connectivity index (χ0v) is 18.5. The number of thioether (sulfide) groups is 1. The van der Waals surface area contributed by atoms with E-state index in [4.69, 9.17) is 4.74 Å². The Kier molecular flexibility index (Phi) is 6.93. The van der Waals surface area contributed by atoms with Crippen molar-refractivity contribution in [2.45, 2.75) is 31.1 Å². The fourth-order valence-electron chi connectivity index (χ4n) is 3.07. The summed E-state index contributed by atoms with van der Waals surface area (Å²) in [6.07, 6.45) is 2.62. The van der Waals surface area contributed by atoms with Gasteiger partial charge in [0.25, 0.3) is 10.0 Å². The van der Waals surface area contributed by atoms with Crippen molar-refractivity contribution in [1.29, 1.82) is 0 Å². The Bertz CT molecular complexity index is 1090. The van der Waals surface area contributed by atoms with Gasteiger partial charge < -0.3 is 14.8 Å². The summed E-state index contributed by atoms with van der Waals surface area (Å²) >= 11 is 1.18. The van der Waals surface area contributed by atoms with Crippen LogP contribution in [0.3, 0.4) is 0 Å². The Morgan fingerprint density at radius 3 is 2.70 bits per heavy atom. The number of hydrogen-bond donors (Lipinski definition) is 1. The molecule has 0 spiro atoms. The maximum Gasteiger partial charge on any atom is 0.339 e. The monoisotopic (exact) mass is 450 g/mol. The second kappa shape index (κ2) is 9.43. The summed E-state index contributed by atoms with van der Waals surface area (Å²) in [7, 11) is -1.47. The number of fused-ring (bicyclic) bond motifs is 1. The van der Waals surface area contributed by atoms with Crippen molar-refractivity contribution >= 4 is 38.9 Å². The molecule has 0 saturated carbocycles. The van der Waals surface area contributed by atoms with Crippen LogP contribution in [0.4, 0.5) is 5.95 Å². The highest BCUT2D eigenvalue weighted by Crippen LogP contribution is 2.29. The summed E-state index contributed by atoms with van der Waals surface area (Å²) in [5, 5.41) is 2.98. The molecular formula is C19H22N4O5S2. The van der Waals surface area contributed by atoms with E-state index in [1.165, 1.54) is 44.2 Å². The lowest BCUT2D eigenvalue weighted by Crippen LogP contribution is -2.16. The average Bonchev–Trinajstić information content (AvgIpc) is 3.21. The van der Waals surface area contributed by atoms with Crippen molar-refractivity contribution < 1.29 is 22.7 Å². The van der Waals surface area contributed by atoms with Crippen molar-refractivity contribution in [3.63, 3.8) is 0 Å². The number of amidine groups is 1. The maximum atomic E-state index is 12.9. The summed E-state index contributed by atoms with van der Waals surface area (Å²) in [5.74, 6) is 0.486. The van der Waals surface area contributed by atoms with Gasteiger partial charge in [0, 0.05) is 5.56 Å². The molecule has 30 heavy (non-hydrogen) atoms. The molecule has 0 fully saturated rings. The predicted molar refractivity (Wildman–Crippen MR) is 115 cm³/mol. The summed E-state index contributed by atoms with van der Waals surface area (Å²) < 4.78 is 39.8. The van der Waals surface area contributed by atoms with Crippen molar-refractivity contribution in [2.75, 3.05) is 25.3 Å². The van der Waals surface area contributed by atoms with Gasteiger partial charge in [-0.3, -0.25) is 0 Å². The minimum Gasteiger partial charge on any atom is -0.481 e. The molecule has 1 aromatic carbocycles. The molecule has 9 nitrogen and oxygen atoms in total. The molecule has 1 aliphatic carbocycles. The lowest BCUT2D eigenvalue weighted by molar-refractivity contribution is 0.0596. The normalized spacial score (nSPS) is 13.6. The number of benzene rings is 1. The second-order valence-corrected chi connectivity index (χ2v) is 9.08. The van der Waals surface area contributed by atoms with Gasteiger partial charge in [0.1, 0.15) is 4.90 Å². The van der Waals surface area contributed by atoms with Gasteiger partial charge in [-0.2, -0.15) is 13.4 Å². The first-order chi connectivity index (χ1) is 14.4. The second-order valence-electron chi connectivity index (χ2n) is 6.25. The van der Waals surface area contributed by atoms with Crippen LogP contribution < -0.4 is 10.1 Å². The van der Waals surface area contributed by atoms with Crippen LogP contribution in [0.25, 0.3) is 0 Å². The SMILES string of the molecule is CCSC(=NS(=O)(=O)c1ccccc1C(=O)OC)Nc1nc2c(c(OC)n1)CCC2. The molecule has 0 atom stereocenters. The number of nitrogens with zero attached hydrogens (tertiary/aromatic N) is 3. The third-order valence-corrected chi connectivity index (χ3v) is 6.57. The number of rotatable bonds is 6. The molecule has 2 aromatic rings. The van der Waals surface area contributed by atoms with Crippen LogP contribution in [-0.4, -0.2) is 49.5 Å². The minimum atomic E-state index is -4.20. The number of esters is 1. The maximum absolute atomic E-state index is 12.9. The topological polar surface area (TPSA) is 120 Å². The average molecular weight is 451 g/mol. The first-order valence-corrected chi connectivity index (χ1v) is 11.7. The van der Waals surface area contributed by atoms with E-state index >= 15 is 0 Å². The molecule has 0 amide bonds. The molecule has 0 saturated heterocycles. The fraction of sp³-hybridized carbons (Fsp3) is 0.368. The number of carbonyl (C=O) groups is 1. The highest BCUT2D eigenvalue weighted by atomic mass is 32.2. The van der Waals surface area contributed by atoms with E-state index in [1.807, 2.05) is 6.92 Å². The Balaban J connectivity index is 1.98. The number of nitrogens with one attached hydrogen (secondary N) is 1. The molecule has 0 aliphatic heterocycles. The Hall–Kier alpha value is -2.66.